The molecule has 0 unspecified atom stereocenters. The van der Waals surface area contributed by atoms with Crippen molar-refractivity contribution in [3.8, 4) is 0 Å². The van der Waals surface area contributed by atoms with Gasteiger partial charge in [0.05, 0.1) is 11.9 Å². The van der Waals surface area contributed by atoms with Crippen LogP contribution < -0.4 is 5.56 Å². The molecular formula is C21H24N4O3S. The highest BCUT2D eigenvalue weighted by Gasteiger charge is 2.31. The first-order valence-electron chi connectivity index (χ1n) is 9.61. The number of benzene rings is 1. The van der Waals surface area contributed by atoms with Crippen LogP contribution in [0, 0.1) is 6.92 Å². The Bertz CT molecular complexity index is 1200. The van der Waals surface area contributed by atoms with E-state index in [2.05, 4.69) is 5.10 Å². The van der Waals surface area contributed by atoms with Crippen LogP contribution in [-0.4, -0.2) is 33.6 Å². The molecule has 8 heteroatoms. The molecule has 0 N–H and O–H groups in total. The maximum Gasteiger partial charge on any atom is 0.250 e. The molecule has 0 fully saturated rings. The van der Waals surface area contributed by atoms with Gasteiger partial charge in [-0.1, -0.05) is 30.3 Å². The van der Waals surface area contributed by atoms with Gasteiger partial charge in [-0.05, 0) is 36.5 Å². The summed E-state index contributed by atoms with van der Waals surface area (Å²) in [7, 11) is -1.90. The molecule has 3 heterocycles. The second-order valence-corrected chi connectivity index (χ2v) is 9.30. The minimum absolute atomic E-state index is 0.0425. The third kappa shape index (κ3) is 3.77. The van der Waals surface area contributed by atoms with Crippen LogP contribution in [0.1, 0.15) is 22.4 Å². The monoisotopic (exact) mass is 412 g/mol. The Kier molecular flexibility index (Phi) is 5.14. The molecular weight excluding hydrogens is 388 g/mol. The van der Waals surface area contributed by atoms with E-state index < -0.39 is 10.0 Å². The van der Waals surface area contributed by atoms with Crippen molar-refractivity contribution in [3.05, 3.63) is 81.5 Å². The molecule has 152 valence electrons. The number of nitrogens with zero attached hydrogens (tertiary/aromatic N) is 4. The Morgan fingerprint density at radius 1 is 1.14 bits per heavy atom. The number of hydrogen-bond donors (Lipinski definition) is 0. The fourth-order valence-corrected chi connectivity index (χ4v) is 5.30. The summed E-state index contributed by atoms with van der Waals surface area (Å²) in [6.07, 6.45) is 4.50. The maximum atomic E-state index is 13.1. The predicted octanol–water partition coefficient (Wildman–Crippen LogP) is 1.88. The van der Waals surface area contributed by atoms with Crippen LogP contribution in [0.4, 0.5) is 0 Å². The molecule has 0 saturated heterocycles. The largest absolute Gasteiger partial charge is 0.315 e. The van der Waals surface area contributed by atoms with Crippen molar-refractivity contribution in [2.45, 2.75) is 37.8 Å². The van der Waals surface area contributed by atoms with E-state index in [-0.39, 0.29) is 17.0 Å². The lowest BCUT2D eigenvalue weighted by molar-refractivity contribution is 0.388. The minimum Gasteiger partial charge on any atom is -0.315 e. The van der Waals surface area contributed by atoms with E-state index in [1.807, 2.05) is 36.5 Å². The SMILES string of the molecule is Cc1c(S(=O)(=O)N2CCc3cc(=O)n(CCc4ccccc4)cc3C2)cnn1C. The van der Waals surface area contributed by atoms with E-state index in [1.165, 1.54) is 10.5 Å². The standard InChI is InChI=1S/C21H24N4O3S/c1-16-20(13-22-23(16)2)29(27,28)25-11-9-18-12-21(26)24(14-19(18)15-25)10-8-17-6-4-3-5-7-17/h3-7,12-14H,8-11,15H2,1-2H3. The number of pyridine rings is 1. The zero-order valence-corrected chi connectivity index (χ0v) is 17.4. The smallest absolute Gasteiger partial charge is 0.250 e. The lowest BCUT2D eigenvalue weighted by atomic mass is 10.0. The van der Waals surface area contributed by atoms with Crippen LogP contribution in [-0.2, 0) is 43.0 Å². The van der Waals surface area contributed by atoms with Crippen molar-refractivity contribution in [2.75, 3.05) is 6.54 Å². The van der Waals surface area contributed by atoms with Crippen LogP contribution in [0.3, 0.4) is 0 Å². The van der Waals surface area contributed by atoms with Gasteiger partial charge in [-0.3, -0.25) is 9.48 Å². The van der Waals surface area contributed by atoms with E-state index in [9.17, 15) is 13.2 Å². The first-order valence-corrected chi connectivity index (χ1v) is 11.0. The third-order valence-corrected chi connectivity index (χ3v) is 7.52. The number of sulfonamides is 1. The summed E-state index contributed by atoms with van der Waals surface area (Å²) in [5.41, 5.74) is 3.55. The molecule has 0 radical (unpaired) electrons. The molecule has 4 rings (SSSR count). The number of aromatic nitrogens is 3. The first-order chi connectivity index (χ1) is 13.9. The highest BCUT2D eigenvalue weighted by molar-refractivity contribution is 7.89. The van der Waals surface area contributed by atoms with Crippen molar-refractivity contribution in [2.24, 2.45) is 7.05 Å². The third-order valence-electron chi connectivity index (χ3n) is 5.57. The molecule has 3 aromatic rings. The van der Waals surface area contributed by atoms with Crippen LogP contribution in [0.15, 0.2) is 58.5 Å². The van der Waals surface area contributed by atoms with E-state index >= 15 is 0 Å². The van der Waals surface area contributed by atoms with Crippen molar-refractivity contribution in [3.63, 3.8) is 0 Å². The van der Waals surface area contributed by atoms with Crippen LogP contribution >= 0.6 is 0 Å². The quantitative estimate of drug-likeness (QED) is 0.641. The van der Waals surface area contributed by atoms with Crippen molar-refractivity contribution in [1.29, 1.82) is 0 Å². The highest BCUT2D eigenvalue weighted by Crippen LogP contribution is 2.25. The highest BCUT2D eigenvalue weighted by atomic mass is 32.2. The summed E-state index contributed by atoms with van der Waals surface area (Å²) < 4.78 is 30.9. The summed E-state index contributed by atoms with van der Waals surface area (Å²) >= 11 is 0. The molecule has 1 aliphatic rings. The van der Waals surface area contributed by atoms with Gasteiger partial charge in [0.2, 0.25) is 10.0 Å². The zero-order chi connectivity index (χ0) is 20.6. The van der Waals surface area contributed by atoms with Gasteiger partial charge in [0.25, 0.3) is 5.56 Å². The summed E-state index contributed by atoms with van der Waals surface area (Å²) in [6, 6.07) is 11.7. The lowest BCUT2D eigenvalue weighted by Crippen LogP contribution is -2.37. The fraction of sp³-hybridized carbons (Fsp3) is 0.333. The molecule has 7 nitrogen and oxygen atoms in total. The number of rotatable bonds is 5. The number of fused-ring (bicyclic) bond motifs is 1. The van der Waals surface area contributed by atoms with E-state index in [0.717, 1.165) is 23.1 Å². The van der Waals surface area contributed by atoms with Gasteiger partial charge in [-0.15, -0.1) is 0 Å². The summed E-state index contributed by atoms with van der Waals surface area (Å²) in [5, 5.41) is 4.07. The van der Waals surface area contributed by atoms with Gasteiger partial charge in [0.1, 0.15) is 4.90 Å². The molecule has 0 atom stereocenters. The fourth-order valence-electron chi connectivity index (χ4n) is 3.69. The molecule has 1 aromatic carbocycles. The molecule has 0 saturated carbocycles. The Morgan fingerprint density at radius 3 is 2.59 bits per heavy atom. The Morgan fingerprint density at radius 2 is 1.90 bits per heavy atom. The van der Waals surface area contributed by atoms with Crippen molar-refractivity contribution in [1.82, 2.24) is 18.7 Å². The van der Waals surface area contributed by atoms with Gasteiger partial charge in [0, 0.05) is 38.9 Å². The number of aryl methyl sites for hydroxylation is 3. The van der Waals surface area contributed by atoms with E-state index in [1.54, 1.807) is 29.3 Å². The van der Waals surface area contributed by atoms with Crippen molar-refractivity contribution >= 4 is 10.0 Å². The van der Waals surface area contributed by atoms with Crippen LogP contribution in [0.25, 0.3) is 0 Å². The zero-order valence-electron chi connectivity index (χ0n) is 16.6. The van der Waals surface area contributed by atoms with Gasteiger partial charge in [-0.25, -0.2) is 8.42 Å². The maximum absolute atomic E-state index is 13.1. The normalized spacial score (nSPS) is 14.7. The first kappa shape index (κ1) is 19.6. The Balaban J connectivity index is 1.58. The molecule has 0 bridgehead atoms. The molecule has 1 aliphatic heterocycles. The summed E-state index contributed by atoms with van der Waals surface area (Å²) in [5.74, 6) is 0. The van der Waals surface area contributed by atoms with Crippen LogP contribution in [0.2, 0.25) is 0 Å². The molecule has 0 aliphatic carbocycles. The molecule has 0 amide bonds. The van der Waals surface area contributed by atoms with Gasteiger partial charge >= 0.3 is 0 Å². The topological polar surface area (TPSA) is 77.2 Å². The predicted molar refractivity (Wildman–Crippen MR) is 110 cm³/mol. The Hall–Kier alpha value is -2.71. The molecule has 0 spiro atoms. The van der Waals surface area contributed by atoms with Crippen molar-refractivity contribution < 1.29 is 8.42 Å². The summed E-state index contributed by atoms with van der Waals surface area (Å²) in [6.45, 7) is 2.93. The second kappa shape index (κ2) is 7.61. The average molecular weight is 413 g/mol. The lowest BCUT2D eigenvalue weighted by Gasteiger charge is -2.28. The van der Waals surface area contributed by atoms with E-state index in [0.29, 0.717) is 25.2 Å². The second-order valence-electron chi connectivity index (χ2n) is 7.40. The average Bonchev–Trinajstić information content (AvgIpc) is 3.06. The van der Waals surface area contributed by atoms with Gasteiger partial charge in [0.15, 0.2) is 0 Å². The van der Waals surface area contributed by atoms with Gasteiger partial charge in [-0.2, -0.15) is 9.40 Å². The number of hydrogen-bond acceptors (Lipinski definition) is 4. The van der Waals surface area contributed by atoms with E-state index in [4.69, 9.17) is 0 Å². The minimum atomic E-state index is -3.63. The Labute approximate surface area is 170 Å². The summed E-state index contributed by atoms with van der Waals surface area (Å²) in [4.78, 5) is 12.7. The molecule has 29 heavy (non-hydrogen) atoms. The van der Waals surface area contributed by atoms with Crippen LogP contribution in [0.5, 0.6) is 0 Å². The molecule has 2 aromatic heterocycles. The van der Waals surface area contributed by atoms with Gasteiger partial charge < -0.3 is 4.57 Å².